The maximum Gasteiger partial charge on any atom is 0.259 e. The molecule has 1 aliphatic rings. The van der Waals surface area contributed by atoms with Gasteiger partial charge in [-0.1, -0.05) is 24.6 Å². The number of carbonyl (C=O) groups is 1. The molecule has 0 aliphatic carbocycles. The standard InChI is InChI=1S/C22H23N3O3/c1-5-18-17(13-23-25(18)16-9-6-14(2)7-10-16)21(26)24-15-8-11-19-20(12-15)28-22(3,4)27-19/h6-13H,5H2,1-4H3,(H,24,26). The summed E-state index contributed by atoms with van der Waals surface area (Å²) in [5, 5.41) is 7.37. The predicted octanol–water partition coefficient (Wildman–Crippen LogP) is 4.50. The van der Waals surface area contributed by atoms with Crippen LogP contribution in [0, 0.1) is 6.92 Å². The Labute approximate surface area is 164 Å². The Kier molecular flexibility index (Phi) is 4.34. The number of carbonyl (C=O) groups excluding carboxylic acids is 1. The zero-order valence-corrected chi connectivity index (χ0v) is 16.4. The molecule has 2 heterocycles. The second-order valence-electron chi connectivity index (χ2n) is 7.33. The van der Waals surface area contributed by atoms with Crippen LogP contribution in [0.2, 0.25) is 0 Å². The highest BCUT2D eigenvalue weighted by Gasteiger charge is 2.31. The zero-order valence-electron chi connectivity index (χ0n) is 16.4. The zero-order chi connectivity index (χ0) is 19.9. The molecule has 1 aliphatic heterocycles. The molecule has 0 atom stereocenters. The smallest absolute Gasteiger partial charge is 0.259 e. The van der Waals surface area contributed by atoms with E-state index in [2.05, 4.69) is 10.4 Å². The van der Waals surface area contributed by atoms with Gasteiger partial charge in [0.15, 0.2) is 11.5 Å². The lowest BCUT2D eigenvalue weighted by Crippen LogP contribution is -2.29. The summed E-state index contributed by atoms with van der Waals surface area (Å²) in [7, 11) is 0. The van der Waals surface area contributed by atoms with Gasteiger partial charge in [0.25, 0.3) is 5.91 Å². The highest BCUT2D eigenvalue weighted by atomic mass is 16.7. The molecule has 2 aromatic carbocycles. The van der Waals surface area contributed by atoms with Crippen LogP contribution in [0.4, 0.5) is 5.69 Å². The molecule has 3 aromatic rings. The Bertz CT molecular complexity index is 1040. The molecule has 1 amide bonds. The van der Waals surface area contributed by atoms with Crippen LogP contribution >= 0.6 is 0 Å². The average molecular weight is 377 g/mol. The summed E-state index contributed by atoms with van der Waals surface area (Å²) < 4.78 is 13.3. The number of nitrogens with one attached hydrogen (secondary N) is 1. The van der Waals surface area contributed by atoms with Gasteiger partial charge >= 0.3 is 0 Å². The van der Waals surface area contributed by atoms with Gasteiger partial charge in [-0.15, -0.1) is 0 Å². The Morgan fingerprint density at radius 1 is 1.11 bits per heavy atom. The monoisotopic (exact) mass is 377 g/mol. The van der Waals surface area contributed by atoms with Crippen LogP contribution in [0.25, 0.3) is 5.69 Å². The second kappa shape index (κ2) is 6.71. The van der Waals surface area contributed by atoms with Crippen molar-refractivity contribution in [2.75, 3.05) is 5.32 Å². The molecule has 0 saturated heterocycles. The summed E-state index contributed by atoms with van der Waals surface area (Å²) >= 11 is 0. The largest absolute Gasteiger partial charge is 0.449 e. The molecule has 144 valence electrons. The van der Waals surface area contributed by atoms with Gasteiger partial charge in [-0.2, -0.15) is 5.10 Å². The van der Waals surface area contributed by atoms with Crippen LogP contribution in [0.1, 0.15) is 42.4 Å². The van der Waals surface area contributed by atoms with Gasteiger partial charge in [0.1, 0.15) is 0 Å². The molecule has 6 heteroatoms. The SMILES string of the molecule is CCc1c(C(=O)Nc2ccc3c(c2)OC(C)(C)O3)cnn1-c1ccc(C)cc1. The van der Waals surface area contributed by atoms with Crippen molar-refractivity contribution < 1.29 is 14.3 Å². The first kappa shape index (κ1) is 18.1. The Morgan fingerprint density at radius 3 is 2.54 bits per heavy atom. The van der Waals surface area contributed by atoms with Crippen LogP contribution in [0.3, 0.4) is 0 Å². The Hall–Kier alpha value is -3.28. The number of nitrogens with zero attached hydrogens (tertiary/aromatic N) is 2. The van der Waals surface area contributed by atoms with E-state index in [0.29, 0.717) is 29.2 Å². The summed E-state index contributed by atoms with van der Waals surface area (Å²) in [6, 6.07) is 13.5. The summed E-state index contributed by atoms with van der Waals surface area (Å²) in [5.41, 5.74) is 4.18. The topological polar surface area (TPSA) is 65.4 Å². The number of rotatable bonds is 4. The van der Waals surface area contributed by atoms with E-state index in [4.69, 9.17) is 9.47 Å². The molecule has 0 saturated carbocycles. The molecule has 0 bridgehead atoms. The van der Waals surface area contributed by atoms with E-state index in [1.807, 2.05) is 56.6 Å². The van der Waals surface area contributed by atoms with E-state index in [9.17, 15) is 4.79 Å². The minimum Gasteiger partial charge on any atom is -0.449 e. The van der Waals surface area contributed by atoms with E-state index in [0.717, 1.165) is 11.4 Å². The van der Waals surface area contributed by atoms with Gasteiger partial charge < -0.3 is 14.8 Å². The van der Waals surface area contributed by atoms with E-state index in [1.165, 1.54) is 5.56 Å². The minimum absolute atomic E-state index is 0.201. The van der Waals surface area contributed by atoms with Crippen molar-refractivity contribution in [2.24, 2.45) is 0 Å². The van der Waals surface area contributed by atoms with Crippen molar-refractivity contribution in [1.29, 1.82) is 0 Å². The van der Waals surface area contributed by atoms with Gasteiger partial charge in [0.2, 0.25) is 5.79 Å². The number of hydrogen-bond acceptors (Lipinski definition) is 4. The van der Waals surface area contributed by atoms with Gasteiger partial charge in [0, 0.05) is 25.6 Å². The highest BCUT2D eigenvalue weighted by molar-refractivity contribution is 6.05. The van der Waals surface area contributed by atoms with Crippen molar-refractivity contribution in [1.82, 2.24) is 9.78 Å². The van der Waals surface area contributed by atoms with E-state index in [-0.39, 0.29) is 5.91 Å². The Balaban J connectivity index is 1.59. The van der Waals surface area contributed by atoms with E-state index in [1.54, 1.807) is 24.4 Å². The van der Waals surface area contributed by atoms with Gasteiger partial charge in [-0.25, -0.2) is 4.68 Å². The number of benzene rings is 2. The molecule has 0 spiro atoms. The summed E-state index contributed by atoms with van der Waals surface area (Å²) in [4.78, 5) is 12.9. The molecular formula is C22H23N3O3. The molecule has 1 aromatic heterocycles. The lowest BCUT2D eigenvalue weighted by atomic mass is 10.1. The molecule has 0 fully saturated rings. The number of ether oxygens (including phenoxy) is 2. The van der Waals surface area contributed by atoms with Gasteiger partial charge in [-0.05, 0) is 37.6 Å². The molecular weight excluding hydrogens is 354 g/mol. The third-order valence-electron chi connectivity index (χ3n) is 4.64. The lowest BCUT2D eigenvalue weighted by Gasteiger charge is -2.16. The number of aromatic nitrogens is 2. The molecule has 1 N–H and O–H groups in total. The van der Waals surface area contributed by atoms with Crippen molar-refractivity contribution >= 4 is 11.6 Å². The van der Waals surface area contributed by atoms with Crippen molar-refractivity contribution in [3.63, 3.8) is 0 Å². The fourth-order valence-corrected chi connectivity index (χ4v) is 3.31. The third kappa shape index (κ3) is 3.33. The number of aryl methyl sites for hydroxylation is 1. The van der Waals surface area contributed by atoms with Crippen molar-refractivity contribution in [3.05, 3.63) is 65.5 Å². The summed E-state index contributed by atoms with van der Waals surface area (Å²) in [6.45, 7) is 7.75. The number of fused-ring (bicyclic) bond motifs is 1. The summed E-state index contributed by atoms with van der Waals surface area (Å²) in [5.74, 6) is 0.391. The molecule has 28 heavy (non-hydrogen) atoms. The third-order valence-corrected chi connectivity index (χ3v) is 4.64. The first-order valence-corrected chi connectivity index (χ1v) is 9.33. The number of amides is 1. The van der Waals surface area contributed by atoms with Gasteiger partial charge in [0.05, 0.1) is 23.1 Å². The van der Waals surface area contributed by atoms with E-state index < -0.39 is 5.79 Å². The predicted molar refractivity (Wildman–Crippen MR) is 107 cm³/mol. The van der Waals surface area contributed by atoms with Crippen LogP contribution in [0.5, 0.6) is 11.5 Å². The lowest BCUT2D eigenvalue weighted by molar-refractivity contribution is -0.0431. The van der Waals surface area contributed by atoms with Crippen molar-refractivity contribution in [3.8, 4) is 17.2 Å². The second-order valence-corrected chi connectivity index (χ2v) is 7.33. The van der Waals surface area contributed by atoms with Gasteiger partial charge in [-0.3, -0.25) is 4.79 Å². The van der Waals surface area contributed by atoms with Crippen LogP contribution in [-0.4, -0.2) is 21.5 Å². The normalized spacial score (nSPS) is 14.1. The first-order chi connectivity index (χ1) is 13.4. The fourth-order valence-electron chi connectivity index (χ4n) is 3.31. The average Bonchev–Trinajstić information content (AvgIpc) is 3.21. The molecule has 0 unspecified atom stereocenters. The van der Waals surface area contributed by atoms with Crippen LogP contribution < -0.4 is 14.8 Å². The number of anilines is 1. The maximum absolute atomic E-state index is 12.9. The Morgan fingerprint density at radius 2 is 1.82 bits per heavy atom. The highest BCUT2D eigenvalue weighted by Crippen LogP contribution is 2.40. The maximum atomic E-state index is 12.9. The fraction of sp³-hybridized carbons (Fsp3) is 0.273. The first-order valence-electron chi connectivity index (χ1n) is 9.33. The molecule has 0 radical (unpaired) electrons. The number of hydrogen-bond donors (Lipinski definition) is 1. The summed E-state index contributed by atoms with van der Waals surface area (Å²) in [6.07, 6.45) is 2.30. The molecule has 6 nitrogen and oxygen atoms in total. The quantitative estimate of drug-likeness (QED) is 0.727. The van der Waals surface area contributed by atoms with Crippen LogP contribution in [-0.2, 0) is 6.42 Å². The van der Waals surface area contributed by atoms with Crippen molar-refractivity contribution in [2.45, 2.75) is 39.9 Å². The van der Waals surface area contributed by atoms with Crippen LogP contribution in [0.15, 0.2) is 48.7 Å². The minimum atomic E-state index is -0.699. The molecule has 4 rings (SSSR count). The van der Waals surface area contributed by atoms with E-state index >= 15 is 0 Å².